The maximum Gasteiger partial charge on any atom is 0.240 e. The molecule has 0 aromatic carbocycles. The molecule has 6 heteroatoms. The SMILES string of the molecule is CN(CCc1cccs1)Cc1nc(C(C)(C)N)no1. The summed E-state index contributed by atoms with van der Waals surface area (Å²) in [4.78, 5) is 7.88. The third-order valence-electron chi connectivity index (χ3n) is 2.77. The van der Waals surface area contributed by atoms with E-state index < -0.39 is 5.54 Å². The summed E-state index contributed by atoms with van der Waals surface area (Å²) in [5.74, 6) is 1.16. The van der Waals surface area contributed by atoms with Crippen molar-refractivity contribution in [2.24, 2.45) is 5.73 Å². The molecule has 2 aromatic rings. The molecule has 0 aliphatic carbocycles. The quantitative estimate of drug-likeness (QED) is 0.876. The zero-order chi connectivity index (χ0) is 13.9. The average Bonchev–Trinajstić information content (AvgIpc) is 2.95. The van der Waals surface area contributed by atoms with Gasteiger partial charge in [0.05, 0.1) is 12.1 Å². The van der Waals surface area contributed by atoms with Crippen molar-refractivity contribution in [2.45, 2.75) is 32.4 Å². The Morgan fingerprint density at radius 3 is 2.84 bits per heavy atom. The van der Waals surface area contributed by atoms with Crippen LogP contribution in [-0.4, -0.2) is 28.6 Å². The van der Waals surface area contributed by atoms with Crippen molar-refractivity contribution in [3.63, 3.8) is 0 Å². The molecule has 0 atom stereocenters. The molecule has 2 N–H and O–H groups in total. The highest BCUT2D eigenvalue weighted by Gasteiger charge is 2.21. The van der Waals surface area contributed by atoms with Crippen molar-refractivity contribution in [3.05, 3.63) is 34.1 Å². The van der Waals surface area contributed by atoms with E-state index in [1.165, 1.54) is 4.88 Å². The van der Waals surface area contributed by atoms with E-state index in [2.05, 4.69) is 32.6 Å². The van der Waals surface area contributed by atoms with E-state index in [9.17, 15) is 0 Å². The first-order valence-corrected chi connectivity index (χ1v) is 7.16. The Hall–Kier alpha value is -1.24. The van der Waals surface area contributed by atoms with Gasteiger partial charge in [0.2, 0.25) is 5.89 Å². The first kappa shape index (κ1) is 14.2. The number of aromatic nitrogens is 2. The van der Waals surface area contributed by atoms with Gasteiger partial charge in [0.1, 0.15) is 0 Å². The van der Waals surface area contributed by atoms with Crippen LogP contribution in [0, 0.1) is 0 Å². The van der Waals surface area contributed by atoms with Crippen LogP contribution in [0.25, 0.3) is 0 Å². The van der Waals surface area contributed by atoms with Gasteiger partial charge in [0.25, 0.3) is 0 Å². The molecule has 0 amide bonds. The number of nitrogens with two attached hydrogens (primary N) is 1. The number of hydrogen-bond acceptors (Lipinski definition) is 6. The second-order valence-corrected chi connectivity index (χ2v) is 6.33. The smallest absolute Gasteiger partial charge is 0.240 e. The first-order chi connectivity index (χ1) is 8.95. The molecule has 0 bridgehead atoms. The molecule has 19 heavy (non-hydrogen) atoms. The summed E-state index contributed by atoms with van der Waals surface area (Å²) in [6.07, 6.45) is 1.04. The summed E-state index contributed by atoms with van der Waals surface area (Å²) < 4.78 is 5.22. The Morgan fingerprint density at radius 1 is 1.47 bits per heavy atom. The first-order valence-electron chi connectivity index (χ1n) is 6.28. The van der Waals surface area contributed by atoms with E-state index in [1.807, 2.05) is 20.9 Å². The van der Waals surface area contributed by atoms with E-state index in [0.717, 1.165) is 13.0 Å². The zero-order valence-electron chi connectivity index (χ0n) is 11.6. The summed E-state index contributed by atoms with van der Waals surface area (Å²) in [6, 6.07) is 4.23. The van der Waals surface area contributed by atoms with E-state index >= 15 is 0 Å². The molecule has 0 radical (unpaired) electrons. The van der Waals surface area contributed by atoms with Crippen molar-refractivity contribution < 1.29 is 4.52 Å². The fraction of sp³-hybridized carbons (Fsp3) is 0.538. The van der Waals surface area contributed by atoms with E-state index in [0.29, 0.717) is 18.3 Å². The molecule has 104 valence electrons. The highest BCUT2D eigenvalue weighted by molar-refractivity contribution is 7.09. The minimum atomic E-state index is -0.558. The highest BCUT2D eigenvalue weighted by Crippen LogP contribution is 2.14. The third-order valence-corrected chi connectivity index (χ3v) is 3.71. The normalized spacial score (nSPS) is 12.3. The topological polar surface area (TPSA) is 68.2 Å². The molecule has 2 rings (SSSR count). The minimum absolute atomic E-state index is 0.550. The van der Waals surface area contributed by atoms with Crippen molar-refractivity contribution in [1.29, 1.82) is 0 Å². The van der Waals surface area contributed by atoms with E-state index in [1.54, 1.807) is 11.3 Å². The van der Waals surface area contributed by atoms with Crippen LogP contribution < -0.4 is 5.73 Å². The summed E-state index contributed by atoms with van der Waals surface area (Å²) in [7, 11) is 2.05. The molecule has 2 heterocycles. The van der Waals surface area contributed by atoms with E-state index in [-0.39, 0.29) is 0 Å². The Kier molecular flexibility index (Phi) is 4.34. The lowest BCUT2D eigenvalue weighted by Crippen LogP contribution is -2.30. The fourth-order valence-electron chi connectivity index (χ4n) is 1.65. The van der Waals surface area contributed by atoms with Gasteiger partial charge in [-0.25, -0.2) is 0 Å². The van der Waals surface area contributed by atoms with Crippen LogP contribution in [0.2, 0.25) is 0 Å². The van der Waals surface area contributed by atoms with Crippen LogP contribution in [0.5, 0.6) is 0 Å². The van der Waals surface area contributed by atoms with Crippen molar-refractivity contribution in [2.75, 3.05) is 13.6 Å². The molecular weight excluding hydrogens is 260 g/mol. The van der Waals surface area contributed by atoms with Crippen LogP contribution in [0.4, 0.5) is 0 Å². The zero-order valence-corrected chi connectivity index (χ0v) is 12.4. The lowest BCUT2D eigenvalue weighted by atomic mass is 10.1. The minimum Gasteiger partial charge on any atom is -0.338 e. The maximum atomic E-state index is 5.93. The second-order valence-electron chi connectivity index (χ2n) is 5.30. The van der Waals surface area contributed by atoms with Gasteiger partial charge in [-0.3, -0.25) is 4.90 Å². The summed E-state index contributed by atoms with van der Waals surface area (Å²) in [6.45, 7) is 5.34. The Morgan fingerprint density at radius 2 is 2.26 bits per heavy atom. The number of likely N-dealkylation sites (N-methyl/N-ethyl adjacent to an activating group) is 1. The maximum absolute atomic E-state index is 5.93. The number of nitrogens with zero attached hydrogens (tertiary/aromatic N) is 3. The lowest BCUT2D eigenvalue weighted by Gasteiger charge is -2.13. The van der Waals surface area contributed by atoms with Gasteiger partial charge in [0, 0.05) is 11.4 Å². The monoisotopic (exact) mass is 280 g/mol. The number of hydrogen-bond donors (Lipinski definition) is 1. The molecule has 2 aromatic heterocycles. The standard InChI is InChI=1S/C13H20N4OS/c1-13(2,14)12-15-11(18-16-12)9-17(3)7-6-10-5-4-8-19-10/h4-5,8H,6-7,9,14H2,1-3H3. The summed E-state index contributed by atoms with van der Waals surface area (Å²) in [5.41, 5.74) is 5.37. The summed E-state index contributed by atoms with van der Waals surface area (Å²) >= 11 is 1.78. The molecule has 0 aliphatic heterocycles. The molecular formula is C13H20N4OS. The van der Waals surface area contributed by atoms with Crippen LogP contribution in [0.1, 0.15) is 30.4 Å². The average molecular weight is 280 g/mol. The van der Waals surface area contributed by atoms with Crippen LogP contribution in [0.3, 0.4) is 0 Å². The summed E-state index contributed by atoms with van der Waals surface area (Å²) in [5, 5.41) is 6.01. The Balaban J connectivity index is 1.85. The molecule has 0 saturated heterocycles. The highest BCUT2D eigenvalue weighted by atomic mass is 32.1. The predicted molar refractivity (Wildman–Crippen MR) is 75.9 cm³/mol. The third kappa shape index (κ3) is 4.12. The van der Waals surface area contributed by atoms with Crippen molar-refractivity contribution >= 4 is 11.3 Å². The predicted octanol–water partition coefficient (Wildman–Crippen LogP) is 2.00. The van der Waals surface area contributed by atoms with Crippen LogP contribution in [-0.2, 0) is 18.5 Å². The Labute approximate surface area is 117 Å². The van der Waals surface area contributed by atoms with Gasteiger partial charge < -0.3 is 10.3 Å². The van der Waals surface area contributed by atoms with E-state index in [4.69, 9.17) is 10.3 Å². The molecule has 0 aliphatic rings. The van der Waals surface area contributed by atoms with Gasteiger partial charge in [-0.1, -0.05) is 11.2 Å². The fourth-order valence-corrected chi connectivity index (χ4v) is 2.34. The molecule has 0 spiro atoms. The lowest BCUT2D eigenvalue weighted by molar-refractivity contribution is 0.268. The molecule has 0 unspecified atom stereocenters. The van der Waals surface area contributed by atoms with Gasteiger partial charge in [-0.15, -0.1) is 11.3 Å². The van der Waals surface area contributed by atoms with Crippen LogP contribution in [0.15, 0.2) is 22.0 Å². The Bertz CT molecular complexity index is 501. The van der Waals surface area contributed by atoms with Crippen molar-refractivity contribution in [3.8, 4) is 0 Å². The van der Waals surface area contributed by atoms with Crippen LogP contribution >= 0.6 is 11.3 Å². The number of rotatable bonds is 6. The van der Waals surface area contributed by atoms with Crippen molar-refractivity contribution in [1.82, 2.24) is 15.0 Å². The largest absolute Gasteiger partial charge is 0.338 e. The number of thiophene rings is 1. The van der Waals surface area contributed by atoms with Gasteiger partial charge in [-0.05, 0) is 38.8 Å². The van der Waals surface area contributed by atoms with Gasteiger partial charge in [-0.2, -0.15) is 4.98 Å². The van der Waals surface area contributed by atoms with Gasteiger partial charge in [0.15, 0.2) is 5.82 Å². The second kappa shape index (κ2) is 5.81. The molecule has 0 fully saturated rings. The van der Waals surface area contributed by atoms with Gasteiger partial charge >= 0.3 is 0 Å². The molecule has 0 saturated carbocycles. The molecule has 5 nitrogen and oxygen atoms in total.